The van der Waals surface area contributed by atoms with Crippen LogP contribution in [0.3, 0.4) is 0 Å². The van der Waals surface area contributed by atoms with E-state index in [4.69, 9.17) is 0 Å². The summed E-state index contributed by atoms with van der Waals surface area (Å²) in [5.74, 6) is 0.664. The molecule has 0 unspecified atom stereocenters. The lowest BCUT2D eigenvalue weighted by Gasteiger charge is -2.10. The first-order valence-corrected chi connectivity index (χ1v) is 5.00. The number of hydrogen-bond acceptors (Lipinski definition) is 1. The summed E-state index contributed by atoms with van der Waals surface area (Å²) in [5.41, 5.74) is 2.96. The van der Waals surface area contributed by atoms with E-state index in [0.29, 0.717) is 5.92 Å². The Kier molecular flexibility index (Phi) is 2.36. The van der Waals surface area contributed by atoms with Crippen molar-refractivity contribution in [3.8, 4) is 0 Å². The largest absolute Gasteiger partial charge is 0.393 e. The molecule has 70 valence electrons. The Bertz CT molecular complexity index is 266. The normalized spacial score (nSPS) is 18.6. The van der Waals surface area contributed by atoms with Gasteiger partial charge in [-0.3, -0.25) is 0 Å². The Morgan fingerprint density at radius 2 is 1.85 bits per heavy atom. The molecule has 1 aliphatic rings. The van der Waals surface area contributed by atoms with Gasteiger partial charge in [0.1, 0.15) is 0 Å². The average Bonchev–Trinajstić information content (AvgIpc) is 2.44. The molecule has 1 atom stereocenters. The second kappa shape index (κ2) is 3.51. The van der Waals surface area contributed by atoms with Gasteiger partial charge in [-0.05, 0) is 43.2 Å². The molecule has 1 nitrogen and oxygen atoms in total. The molecule has 0 saturated heterocycles. The molecule has 2 rings (SSSR count). The van der Waals surface area contributed by atoms with Gasteiger partial charge in [-0.2, -0.15) is 0 Å². The summed E-state index contributed by atoms with van der Waals surface area (Å²) in [4.78, 5) is 0. The van der Waals surface area contributed by atoms with Gasteiger partial charge in [0.15, 0.2) is 0 Å². The molecule has 1 N–H and O–H groups in total. The van der Waals surface area contributed by atoms with Crippen LogP contribution in [0.5, 0.6) is 0 Å². The van der Waals surface area contributed by atoms with Crippen LogP contribution in [-0.4, -0.2) is 11.2 Å². The van der Waals surface area contributed by atoms with Gasteiger partial charge in [0, 0.05) is 0 Å². The lowest BCUT2D eigenvalue weighted by molar-refractivity contribution is 0.162. The molecule has 0 saturated carbocycles. The van der Waals surface area contributed by atoms with Crippen LogP contribution < -0.4 is 0 Å². The van der Waals surface area contributed by atoms with Crippen molar-refractivity contribution < 1.29 is 5.11 Å². The van der Waals surface area contributed by atoms with Gasteiger partial charge in [-0.25, -0.2) is 0 Å². The Morgan fingerprint density at radius 1 is 1.31 bits per heavy atom. The first-order chi connectivity index (χ1) is 6.25. The van der Waals surface area contributed by atoms with Crippen LogP contribution in [-0.2, 0) is 12.8 Å². The lowest BCUT2D eigenvalue weighted by atomic mass is 9.99. The van der Waals surface area contributed by atoms with Crippen molar-refractivity contribution in [2.45, 2.75) is 32.3 Å². The molecule has 0 bridgehead atoms. The van der Waals surface area contributed by atoms with Gasteiger partial charge >= 0.3 is 0 Å². The molecule has 0 heterocycles. The van der Waals surface area contributed by atoms with E-state index in [9.17, 15) is 5.11 Å². The minimum absolute atomic E-state index is 0.153. The van der Waals surface area contributed by atoms with E-state index >= 15 is 0 Å². The predicted octanol–water partition coefficient (Wildman–Crippen LogP) is 2.17. The van der Waals surface area contributed by atoms with Crippen LogP contribution in [0.4, 0.5) is 0 Å². The molecule has 0 fully saturated rings. The van der Waals surface area contributed by atoms with E-state index in [2.05, 4.69) is 24.3 Å². The summed E-state index contributed by atoms with van der Waals surface area (Å²) in [6, 6.07) is 8.61. The fourth-order valence-corrected chi connectivity index (χ4v) is 2.30. The summed E-state index contributed by atoms with van der Waals surface area (Å²) in [7, 11) is 0. The third-order valence-electron chi connectivity index (χ3n) is 2.81. The zero-order valence-corrected chi connectivity index (χ0v) is 8.03. The monoisotopic (exact) mass is 176 g/mol. The van der Waals surface area contributed by atoms with Crippen LogP contribution in [0, 0.1) is 5.92 Å². The number of benzene rings is 1. The van der Waals surface area contributed by atoms with Crippen LogP contribution in [0.25, 0.3) is 0 Å². The predicted molar refractivity (Wildman–Crippen MR) is 53.6 cm³/mol. The quantitative estimate of drug-likeness (QED) is 0.732. The average molecular weight is 176 g/mol. The Balaban J connectivity index is 2.05. The Hall–Kier alpha value is -0.820. The van der Waals surface area contributed by atoms with Gasteiger partial charge in [0.25, 0.3) is 0 Å². The van der Waals surface area contributed by atoms with E-state index in [1.165, 1.54) is 11.1 Å². The molecule has 13 heavy (non-hydrogen) atoms. The first-order valence-electron chi connectivity index (χ1n) is 5.00. The van der Waals surface area contributed by atoms with Gasteiger partial charge in [-0.1, -0.05) is 24.3 Å². The zero-order valence-electron chi connectivity index (χ0n) is 8.03. The highest BCUT2D eigenvalue weighted by Gasteiger charge is 2.21. The fourth-order valence-electron chi connectivity index (χ4n) is 2.30. The fraction of sp³-hybridized carbons (Fsp3) is 0.500. The maximum Gasteiger partial charge on any atom is 0.0515 e. The maximum absolute atomic E-state index is 9.29. The molecule has 1 heteroatoms. The number of fused-ring (bicyclic) bond motifs is 1. The molecule has 1 aliphatic carbocycles. The summed E-state index contributed by atoms with van der Waals surface area (Å²) in [6.07, 6.45) is 3.09. The van der Waals surface area contributed by atoms with E-state index in [1.54, 1.807) is 0 Å². The summed E-state index contributed by atoms with van der Waals surface area (Å²) >= 11 is 0. The molecular weight excluding hydrogens is 160 g/mol. The molecule has 0 aromatic heterocycles. The highest BCUT2D eigenvalue weighted by molar-refractivity contribution is 5.31. The topological polar surface area (TPSA) is 20.2 Å². The number of hydrogen-bond donors (Lipinski definition) is 1. The van der Waals surface area contributed by atoms with Gasteiger partial charge in [0.05, 0.1) is 6.10 Å². The first kappa shape index (κ1) is 8.76. The van der Waals surface area contributed by atoms with Crippen LogP contribution in [0.1, 0.15) is 24.5 Å². The molecule has 1 aromatic rings. The van der Waals surface area contributed by atoms with Crippen molar-refractivity contribution in [3.05, 3.63) is 35.4 Å². The van der Waals surface area contributed by atoms with Crippen LogP contribution in [0.2, 0.25) is 0 Å². The molecule has 1 aromatic carbocycles. The third-order valence-corrected chi connectivity index (χ3v) is 2.81. The summed E-state index contributed by atoms with van der Waals surface area (Å²) in [5, 5.41) is 9.29. The van der Waals surface area contributed by atoms with E-state index in [-0.39, 0.29) is 6.10 Å². The molecule has 0 amide bonds. The van der Waals surface area contributed by atoms with E-state index < -0.39 is 0 Å². The second-order valence-electron chi connectivity index (χ2n) is 4.13. The van der Waals surface area contributed by atoms with Gasteiger partial charge < -0.3 is 5.11 Å². The minimum atomic E-state index is -0.153. The standard InChI is InChI=1S/C12H16O/c1-9(13)6-10-7-11-4-2-3-5-12(11)8-10/h2-5,9-10,13H,6-8H2,1H3/t9-/m0/s1. The van der Waals surface area contributed by atoms with Crippen molar-refractivity contribution in [3.63, 3.8) is 0 Å². The van der Waals surface area contributed by atoms with Gasteiger partial charge in [0.2, 0.25) is 0 Å². The van der Waals surface area contributed by atoms with Gasteiger partial charge in [-0.15, -0.1) is 0 Å². The van der Waals surface area contributed by atoms with E-state index in [1.807, 2.05) is 6.92 Å². The minimum Gasteiger partial charge on any atom is -0.393 e. The number of aliphatic hydroxyl groups is 1. The molecular formula is C12H16O. The maximum atomic E-state index is 9.29. The van der Waals surface area contributed by atoms with Crippen molar-refractivity contribution >= 4 is 0 Å². The lowest BCUT2D eigenvalue weighted by Crippen LogP contribution is -2.09. The zero-order chi connectivity index (χ0) is 9.26. The molecule has 0 radical (unpaired) electrons. The highest BCUT2D eigenvalue weighted by atomic mass is 16.3. The van der Waals surface area contributed by atoms with Crippen molar-refractivity contribution in [2.24, 2.45) is 5.92 Å². The Labute approximate surface area is 79.4 Å². The van der Waals surface area contributed by atoms with Crippen molar-refractivity contribution in [1.82, 2.24) is 0 Å². The molecule has 0 aliphatic heterocycles. The van der Waals surface area contributed by atoms with Crippen molar-refractivity contribution in [2.75, 3.05) is 0 Å². The van der Waals surface area contributed by atoms with E-state index in [0.717, 1.165) is 19.3 Å². The van der Waals surface area contributed by atoms with Crippen molar-refractivity contribution in [1.29, 1.82) is 0 Å². The smallest absolute Gasteiger partial charge is 0.0515 e. The number of rotatable bonds is 2. The Morgan fingerprint density at radius 3 is 2.31 bits per heavy atom. The molecule has 0 spiro atoms. The highest BCUT2D eigenvalue weighted by Crippen LogP contribution is 2.29. The SMILES string of the molecule is C[C@H](O)CC1Cc2ccccc2C1. The van der Waals surface area contributed by atoms with Crippen LogP contribution in [0.15, 0.2) is 24.3 Å². The van der Waals surface area contributed by atoms with Crippen LogP contribution >= 0.6 is 0 Å². The third kappa shape index (κ3) is 1.92. The number of aliphatic hydroxyl groups excluding tert-OH is 1. The summed E-state index contributed by atoms with van der Waals surface area (Å²) < 4.78 is 0. The second-order valence-corrected chi connectivity index (χ2v) is 4.13. The summed E-state index contributed by atoms with van der Waals surface area (Å²) in [6.45, 7) is 1.88.